The third-order valence-corrected chi connectivity index (χ3v) is 4.24. The Balaban J connectivity index is 1.48. The van der Waals surface area contributed by atoms with Crippen molar-refractivity contribution in [1.29, 1.82) is 0 Å². The van der Waals surface area contributed by atoms with E-state index in [1.165, 1.54) is 5.56 Å². The fourth-order valence-electron chi connectivity index (χ4n) is 2.43. The van der Waals surface area contributed by atoms with Gasteiger partial charge in [0.05, 0.1) is 0 Å². The van der Waals surface area contributed by atoms with E-state index in [2.05, 4.69) is 43.3 Å². The number of rotatable bonds is 4. The second-order valence-corrected chi connectivity index (χ2v) is 6.32. The minimum absolute atomic E-state index is 0.586. The maximum absolute atomic E-state index is 5.74. The molecule has 0 amide bonds. The van der Waals surface area contributed by atoms with Gasteiger partial charge in [-0.3, -0.25) is 0 Å². The van der Waals surface area contributed by atoms with Gasteiger partial charge in [-0.1, -0.05) is 28.1 Å². The van der Waals surface area contributed by atoms with Gasteiger partial charge in [0.2, 0.25) is 5.89 Å². The molecule has 1 N–H and O–H groups in total. The van der Waals surface area contributed by atoms with Gasteiger partial charge in [0, 0.05) is 28.5 Å². The monoisotopic (exact) mass is 379 g/mol. The molecule has 0 saturated carbocycles. The van der Waals surface area contributed by atoms with E-state index in [9.17, 15) is 0 Å². The molecule has 0 bridgehead atoms. The molecule has 2 aromatic heterocycles. The molecule has 0 unspecified atom stereocenters. The number of anilines is 1. The highest BCUT2D eigenvalue weighted by atomic mass is 79.9. The Hall–Kier alpha value is -2.66. The van der Waals surface area contributed by atoms with Crippen LogP contribution in [0.15, 0.2) is 75.8 Å². The molecule has 24 heavy (non-hydrogen) atoms. The Kier molecular flexibility index (Phi) is 4.01. The van der Waals surface area contributed by atoms with Gasteiger partial charge in [0.1, 0.15) is 0 Å². The van der Waals surface area contributed by atoms with Crippen molar-refractivity contribution in [1.82, 2.24) is 9.97 Å². The van der Waals surface area contributed by atoms with Crippen LogP contribution >= 0.6 is 15.9 Å². The number of aromatic nitrogens is 2. The van der Waals surface area contributed by atoms with Gasteiger partial charge < -0.3 is 9.73 Å². The molecular formula is C19H14BrN3O. The number of pyridine rings is 1. The van der Waals surface area contributed by atoms with Crippen LogP contribution in [-0.4, -0.2) is 9.97 Å². The van der Waals surface area contributed by atoms with E-state index in [4.69, 9.17) is 4.42 Å². The minimum Gasteiger partial charge on any atom is -0.434 e. The zero-order valence-corrected chi connectivity index (χ0v) is 14.3. The molecule has 2 heterocycles. The van der Waals surface area contributed by atoms with E-state index < -0.39 is 0 Å². The summed E-state index contributed by atoms with van der Waals surface area (Å²) in [7, 11) is 0. The van der Waals surface area contributed by atoms with Crippen LogP contribution < -0.4 is 5.32 Å². The third-order valence-electron chi connectivity index (χ3n) is 3.71. The highest BCUT2D eigenvalue weighted by Gasteiger charge is 2.08. The highest BCUT2D eigenvalue weighted by molar-refractivity contribution is 9.10. The zero-order valence-electron chi connectivity index (χ0n) is 12.7. The Morgan fingerprint density at radius 1 is 0.958 bits per heavy atom. The van der Waals surface area contributed by atoms with Crippen molar-refractivity contribution in [3.05, 3.63) is 76.9 Å². The molecule has 4 aromatic rings. The lowest BCUT2D eigenvalue weighted by atomic mass is 10.2. The van der Waals surface area contributed by atoms with E-state index in [-0.39, 0.29) is 0 Å². The van der Waals surface area contributed by atoms with Crippen LogP contribution in [0.25, 0.3) is 22.7 Å². The summed E-state index contributed by atoms with van der Waals surface area (Å²) in [6, 6.07) is 20.0. The molecule has 118 valence electrons. The number of nitrogens with zero attached hydrogens (tertiary/aromatic N) is 2. The summed E-state index contributed by atoms with van der Waals surface area (Å²) in [5.41, 5.74) is 4.54. The zero-order chi connectivity index (χ0) is 16.4. The molecule has 0 radical (unpaired) electrons. The normalized spacial score (nSPS) is 10.9. The molecule has 0 aliphatic carbocycles. The van der Waals surface area contributed by atoms with Crippen LogP contribution in [0.5, 0.6) is 0 Å². The molecular weight excluding hydrogens is 366 g/mol. The first kappa shape index (κ1) is 14.9. The maximum Gasteiger partial charge on any atom is 0.228 e. The maximum atomic E-state index is 5.74. The van der Waals surface area contributed by atoms with Crippen LogP contribution in [0.3, 0.4) is 0 Å². The summed E-state index contributed by atoms with van der Waals surface area (Å²) >= 11 is 3.44. The van der Waals surface area contributed by atoms with E-state index in [1.54, 1.807) is 6.20 Å². The molecule has 0 saturated heterocycles. The van der Waals surface area contributed by atoms with Gasteiger partial charge in [0.25, 0.3) is 0 Å². The SMILES string of the molecule is Brc1ccc(CNc2ccc(-c3nc4ncccc4o3)cc2)cc1. The third kappa shape index (κ3) is 3.16. The fraction of sp³-hybridized carbons (Fsp3) is 0.0526. The highest BCUT2D eigenvalue weighted by Crippen LogP contribution is 2.24. The van der Waals surface area contributed by atoms with Crippen molar-refractivity contribution in [3.63, 3.8) is 0 Å². The lowest BCUT2D eigenvalue weighted by Crippen LogP contribution is -1.98. The molecule has 4 nitrogen and oxygen atoms in total. The summed E-state index contributed by atoms with van der Waals surface area (Å²) in [5.74, 6) is 0.586. The molecule has 2 aromatic carbocycles. The van der Waals surface area contributed by atoms with Gasteiger partial charge in [0.15, 0.2) is 11.2 Å². The average Bonchev–Trinajstić information content (AvgIpc) is 3.06. The number of fused-ring (bicyclic) bond motifs is 1. The second kappa shape index (κ2) is 6.45. The summed E-state index contributed by atoms with van der Waals surface area (Å²) in [4.78, 5) is 8.61. The van der Waals surface area contributed by atoms with Crippen LogP contribution in [0.4, 0.5) is 5.69 Å². The molecule has 0 atom stereocenters. The van der Waals surface area contributed by atoms with Gasteiger partial charge in [-0.15, -0.1) is 0 Å². The van der Waals surface area contributed by atoms with Crippen molar-refractivity contribution in [2.75, 3.05) is 5.32 Å². The lowest BCUT2D eigenvalue weighted by molar-refractivity contribution is 0.619. The molecule has 4 rings (SSSR count). The predicted molar refractivity (Wildman–Crippen MR) is 98.7 cm³/mol. The molecule has 0 aliphatic rings. The summed E-state index contributed by atoms with van der Waals surface area (Å²) in [5, 5.41) is 3.41. The van der Waals surface area contributed by atoms with Gasteiger partial charge >= 0.3 is 0 Å². The Labute approximate surface area is 147 Å². The first-order valence-electron chi connectivity index (χ1n) is 7.58. The number of hydrogen-bond acceptors (Lipinski definition) is 4. The first-order chi connectivity index (χ1) is 11.8. The minimum atomic E-state index is 0.586. The topological polar surface area (TPSA) is 51.0 Å². The molecule has 5 heteroatoms. The Bertz CT molecular complexity index is 929. The number of benzene rings is 2. The van der Waals surface area contributed by atoms with Crippen LogP contribution in [0.2, 0.25) is 0 Å². The summed E-state index contributed by atoms with van der Waals surface area (Å²) in [6.07, 6.45) is 1.71. The molecule has 0 fully saturated rings. The first-order valence-corrected chi connectivity index (χ1v) is 8.37. The van der Waals surface area contributed by atoms with Crippen molar-refractivity contribution >= 4 is 32.8 Å². The van der Waals surface area contributed by atoms with Crippen molar-refractivity contribution < 1.29 is 4.42 Å². The fourth-order valence-corrected chi connectivity index (χ4v) is 2.69. The number of nitrogens with one attached hydrogen (secondary N) is 1. The number of hydrogen-bond donors (Lipinski definition) is 1. The average molecular weight is 380 g/mol. The van der Waals surface area contributed by atoms with Gasteiger partial charge in [-0.25, -0.2) is 4.98 Å². The lowest BCUT2D eigenvalue weighted by Gasteiger charge is -2.07. The van der Waals surface area contributed by atoms with Crippen molar-refractivity contribution in [2.24, 2.45) is 0 Å². The van der Waals surface area contributed by atoms with Gasteiger partial charge in [-0.05, 0) is 54.1 Å². The van der Waals surface area contributed by atoms with E-state index in [0.29, 0.717) is 17.1 Å². The molecule has 0 aliphatic heterocycles. The Morgan fingerprint density at radius 2 is 1.75 bits per heavy atom. The van der Waals surface area contributed by atoms with Crippen LogP contribution in [0, 0.1) is 0 Å². The van der Waals surface area contributed by atoms with E-state index in [0.717, 1.165) is 22.3 Å². The smallest absolute Gasteiger partial charge is 0.228 e. The Morgan fingerprint density at radius 3 is 2.50 bits per heavy atom. The van der Waals surface area contributed by atoms with Gasteiger partial charge in [-0.2, -0.15) is 4.98 Å². The number of halogens is 1. The van der Waals surface area contributed by atoms with E-state index >= 15 is 0 Å². The molecule has 0 spiro atoms. The van der Waals surface area contributed by atoms with Crippen molar-refractivity contribution in [2.45, 2.75) is 6.54 Å². The van der Waals surface area contributed by atoms with Crippen LogP contribution in [0.1, 0.15) is 5.56 Å². The quantitative estimate of drug-likeness (QED) is 0.525. The largest absolute Gasteiger partial charge is 0.434 e. The summed E-state index contributed by atoms with van der Waals surface area (Å²) < 4.78 is 6.82. The second-order valence-electron chi connectivity index (χ2n) is 5.40. The van der Waals surface area contributed by atoms with Crippen LogP contribution in [-0.2, 0) is 6.54 Å². The van der Waals surface area contributed by atoms with Crippen molar-refractivity contribution in [3.8, 4) is 11.5 Å². The standard InChI is InChI=1S/C19H14BrN3O/c20-15-7-3-13(4-8-15)12-22-16-9-5-14(6-10-16)19-23-18-17(24-19)2-1-11-21-18/h1-11,22H,12H2. The summed E-state index contributed by atoms with van der Waals surface area (Å²) in [6.45, 7) is 0.777. The predicted octanol–water partition coefficient (Wildman–Crippen LogP) is 5.26. The van der Waals surface area contributed by atoms with E-state index in [1.807, 2.05) is 48.5 Å². The number of oxazole rings is 1.